The van der Waals surface area contributed by atoms with Crippen molar-refractivity contribution in [2.24, 2.45) is 0 Å². The lowest BCUT2D eigenvalue weighted by atomic mass is 10.1. The van der Waals surface area contributed by atoms with Gasteiger partial charge in [0.15, 0.2) is 10.9 Å². The summed E-state index contributed by atoms with van der Waals surface area (Å²) in [5.74, 6) is -0.334. The minimum absolute atomic E-state index is 0.146. The van der Waals surface area contributed by atoms with Crippen molar-refractivity contribution in [2.75, 3.05) is 11.9 Å². The molecule has 2 amide bonds. The molecule has 0 fully saturated rings. The third-order valence-electron chi connectivity index (χ3n) is 4.28. The van der Waals surface area contributed by atoms with Gasteiger partial charge < -0.3 is 20.0 Å². The molecule has 0 aliphatic carbocycles. The predicted octanol–water partition coefficient (Wildman–Crippen LogP) is 3.95. The molecule has 4 rings (SSSR count). The second kappa shape index (κ2) is 7.69. The number of aromatic nitrogens is 2. The van der Waals surface area contributed by atoms with Gasteiger partial charge in [-0.25, -0.2) is 4.98 Å². The molecule has 8 heteroatoms. The number of rotatable bonds is 6. The number of nitrogens with one attached hydrogen (secondary N) is 3. The quantitative estimate of drug-likeness (QED) is 0.461. The summed E-state index contributed by atoms with van der Waals surface area (Å²) in [5, 5.41) is 8.98. The van der Waals surface area contributed by atoms with Crippen molar-refractivity contribution in [3.05, 3.63) is 59.5 Å². The van der Waals surface area contributed by atoms with E-state index in [1.54, 1.807) is 12.1 Å². The van der Waals surface area contributed by atoms with E-state index in [9.17, 15) is 9.59 Å². The van der Waals surface area contributed by atoms with Gasteiger partial charge in [0.1, 0.15) is 0 Å². The molecule has 0 unspecified atom stereocenters. The average Bonchev–Trinajstić information content (AvgIpc) is 3.40. The highest BCUT2D eigenvalue weighted by molar-refractivity contribution is 7.14. The van der Waals surface area contributed by atoms with Crippen LogP contribution in [0.3, 0.4) is 0 Å². The molecule has 0 aliphatic heterocycles. The summed E-state index contributed by atoms with van der Waals surface area (Å²) in [6, 6.07) is 11.3. The molecule has 4 aromatic rings. The second-order valence-corrected chi connectivity index (χ2v) is 7.10. The smallest absolute Gasteiger partial charge is 0.286 e. The predicted molar refractivity (Wildman–Crippen MR) is 108 cm³/mol. The standard InChI is InChI=1S/C20H18N4O3S/c1-12-18(13-5-2-3-6-14(13)22-12)15-11-28-20(23-15)24-17(25)8-9-21-19(26)16-7-4-10-27-16/h2-7,10-11,22H,8-9H2,1H3,(H,21,26)(H,23,24,25). The van der Waals surface area contributed by atoms with Gasteiger partial charge in [0, 0.05) is 40.5 Å². The summed E-state index contributed by atoms with van der Waals surface area (Å²) < 4.78 is 5.00. The number of hydrogen-bond acceptors (Lipinski definition) is 5. The minimum Gasteiger partial charge on any atom is -0.459 e. The Kier molecular flexibility index (Phi) is 4.94. The summed E-state index contributed by atoms with van der Waals surface area (Å²) in [4.78, 5) is 31.8. The number of aryl methyl sites for hydroxylation is 1. The lowest BCUT2D eigenvalue weighted by Crippen LogP contribution is -2.27. The number of amides is 2. The van der Waals surface area contributed by atoms with E-state index >= 15 is 0 Å². The van der Waals surface area contributed by atoms with Crippen LogP contribution in [0.25, 0.3) is 22.2 Å². The number of carbonyl (C=O) groups is 2. The number of anilines is 1. The molecule has 142 valence electrons. The highest BCUT2D eigenvalue weighted by atomic mass is 32.1. The van der Waals surface area contributed by atoms with Gasteiger partial charge in [-0.05, 0) is 25.1 Å². The number of furan rings is 1. The van der Waals surface area contributed by atoms with E-state index < -0.39 is 0 Å². The highest BCUT2D eigenvalue weighted by Crippen LogP contribution is 2.33. The first kappa shape index (κ1) is 18.0. The summed E-state index contributed by atoms with van der Waals surface area (Å²) >= 11 is 1.37. The fourth-order valence-corrected chi connectivity index (χ4v) is 3.74. The van der Waals surface area contributed by atoms with Crippen LogP contribution in [0.5, 0.6) is 0 Å². The molecule has 0 radical (unpaired) electrons. The molecule has 3 heterocycles. The van der Waals surface area contributed by atoms with Crippen molar-refractivity contribution >= 4 is 39.2 Å². The Hall–Kier alpha value is -3.39. The Morgan fingerprint density at radius 3 is 2.89 bits per heavy atom. The van der Waals surface area contributed by atoms with Gasteiger partial charge in [-0.1, -0.05) is 18.2 Å². The van der Waals surface area contributed by atoms with Crippen LogP contribution in [0.15, 0.2) is 52.5 Å². The zero-order valence-electron chi connectivity index (χ0n) is 15.1. The third-order valence-corrected chi connectivity index (χ3v) is 5.04. The fourth-order valence-electron chi connectivity index (χ4n) is 3.02. The van der Waals surface area contributed by atoms with E-state index in [1.165, 1.54) is 17.6 Å². The van der Waals surface area contributed by atoms with Gasteiger partial charge in [-0.3, -0.25) is 9.59 Å². The molecule has 0 atom stereocenters. The number of para-hydroxylation sites is 1. The lowest BCUT2D eigenvalue weighted by molar-refractivity contribution is -0.116. The molecular weight excluding hydrogens is 376 g/mol. The van der Waals surface area contributed by atoms with Crippen LogP contribution in [-0.2, 0) is 4.79 Å². The van der Waals surface area contributed by atoms with Crippen molar-refractivity contribution in [1.29, 1.82) is 0 Å². The molecular formula is C20H18N4O3S. The molecule has 1 aromatic carbocycles. The van der Waals surface area contributed by atoms with Gasteiger partial charge in [0.2, 0.25) is 5.91 Å². The first-order valence-electron chi connectivity index (χ1n) is 8.76. The summed E-state index contributed by atoms with van der Waals surface area (Å²) in [5.41, 5.74) is 3.95. The number of thiazole rings is 1. The maximum Gasteiger partial charge on any atom is 0.286 e. The van der Waals surface area contributed by atoms with Crippen LogP contribution >= 0.6 is 11.3 Å². The molecule has 0 saturated carbocycles. The topological polar surface area (TPSA) is 100 Å². The number of aromatic amines is 1. The van der Waals surface area contributed by atoms with Crippen molar-refractivity contribution in [1.82, 2.24) is 15.3 Å². The normalized spacial score (nSPS) is 10.9. The molecule has 3 N–H and O–H groups in total. The van der Waals surface area contributed by atoms with Gasteiger partial charge in [-0.2, -0.15) is 0 Å². The Morgan fingerprint density at radius 1 is 1.21 bits per heavy atom. The second-order valence-electron chi connectivity index (χ2n) is 6.24. The Balaban J connectivity index is 1.37. The first-order valence-corrected chi connectivity index (χ1v) is 9.64. The first-order chi connectivity index (χ1) is 13.6. The van der Waals surface area contributed by atoms with Gasteiger partial charge in [-0.15, -0.1) is 11.3 Å². The number of H-pyrrole nitrogens is 1. The Bertz CT molecular complexity index is 1130. The molecule has 7 nitrogen and oxygen atoms in total. The van der Waals surface area contributed by atoms with Crippen molar-refractivity contribution in [2.45, 2.75) is 13.3 Å². The highest BCUT2D eigenvalue weighted by Gasteiger charge is 2.15. The monoisotopic (exact) mass is 394 g/mol. The van der Waals surface area contributed by atoms with Crippen molar-refractivity contribution < 1.29 is 14.0 Å². The van der Waals surface area contributed by atoms with Gasteiger partial charge >= 0.3 is 0 Å². The zero-order chi connectivity index (χ0) is 19.5. The number of fused-ring (bicyclic) bond motifs is 1. The third kappa shape index (κ3) is 3.67. The molecule has 0 spiro atoms. The maximum absolute atomic E-state index is 12.1. The Labute approximate surface area is 164 Å². The number of hydrogen-bond donors (Lipinski definition) is 3. The zero-order valence-corrected chi connectivity index (χ0v) is 15.9. The van der Waals surface area contributed by atoms with E-state index in [-0.39, 0.29) is 30.5 Å². The van der Waals surface area contributed by atoms with E-state index in [0.29, 0.717) is 5.13 Å². The molecule has 0 saturated heterocycles. The van der Waals surface area contributed by atoms with Crippen LogP contribution < -0.4 is 10.6 Å². The fraction of sp³-hybridized carbons (Fsp3) is 0.150. The van der Waals surface area contributed by atoms with Crippen molar-refractivity contribution in [3.8, 4) is 11.3 Å². The summed E-state index contributed by atoms with van der Waals surface area (Å²) in [6.45, 7) is 2.22. The SMILES string of the molecule is Cc1[nH]c2ccccc2c1-c1csc(NC(=O)CCNC(=O)c2ccco2)n1. The van der Waals surface area contributed by atoms with Crippen LogP contribution in [0.1, 0.15) is 22.7 Å². The average molecular weight is 394 g/mol. The van der Waals surface area contributed by atoms with Gasteiger partial charge in [0.25, 0.3) is 5.91 Å². The van der Waals surface area contributed by atoms with E-state index in [2.05, 4.69) is 20.6 Å². The van der Waals surface area contributed by atoms with Crippen molar-refractivity contribution in [3.63, 3.8) is 0 Å². The molecule has 3 aromatic heterocycles. The van der Waals surface area contributed by atoms with E-state index in [0.717, 1.165) is 27.9 Å². The van der Waals surface area contributed by atoms with Crippen LogP contribution in [0, 0.1) is 6.92 Å². The van der Waals surface area contributed by atoms with Crippen LogP contribution in [0.2, 0.25) is 0 Å². The van der Waals surface area contributed by atoms with Crippen LogP contribution in [0.4, 0.5) is 5.13 Å². The number of benzene rings is 1. The van der Waals surface area contributed by atoms with Crippen LogP contribution in [-0.4, -0.2) is 28.3 Å². The molecule has 0 bridgehead atoms. The molecule has 28 heavy (non-hydrogen) atoms. The van der Waals surface area contributed by atoms with Gasteiger partial charge in [0.05, 0.1) is 12.0 Å². The maximum atomic E-state index is 12.1. The Morgan fingerprint density at radius 2 is 2.07 bits per heavy atom. The number of nitrogens with zero attached hydrogens (tertiary/aromatic N) is 1. The van der Waals surface area contributed by atoms with E-state index in [1.807, 2.05) is 36.6 Å². The lowest BCUT2D eigenvalue weighted by Gasteiger charge is -2.03. The molecule has 0 aliphatic rings. The largest absolute Gasteiger partial charge is 0.459 e. The summed E-state index contributed by atoms with van der Waals surface area (Å²) in [7, 11) is 0. The van der Waals surface area contributed by atoms with E-state index in [4.69, 9.17) is 4.42 Å². The minimum atomic E-state index is -0.343. The summed E-state index contributed by atoms with van der Waals surface area (Å²) in [6.07, 6.45) is 1.57. The number of carbonyl (C=O) groups excluding carboxylic acids is 2.